The predicted octanol–water partition coefficient (Wildman–Crippen LogP) is 7.94. The minimum Gasteiger partial charge on any atom is -0.358 e. The fraction of sp³-hybridized carbons (Fsp3) is 0.133. The lowest BCUT2D eigenvalue weighted by Gasteiger charge is -2.10. The van der Waals surface area contributed by atoms with Crippen molar-refractivity contribution in [2.45, 2.75) is 19.8 Å². The monoisotopic (exact) mass is 489 g/mol. The molecule has 0 saturated heterocycles. The van der Waals surface area contributed by atoms with E-state index in [1.165, 1.54) is 18.4 Å². The Morgan fingerprint density at radius 3 is 2.81 bits per heavy atom. The van der Waals surface area contributed by atoms with Gasteiger partial charge in [0, 0.05) is 34.1 Å². The van der Waals surface area contributed by atoms with E-state index < -0.39 is 0 Å². The van der Waals surface area contributed by atoms with E-state index in [1.54, 1.807) is 11.3 Å². The van der Waals surface area contributed by atoms with Crippen molar-refractivity contribution in [3.63, 3.8) is 0 Å². The van der Waals surface area contributed by atoms with Gasteiger partial charge in [-0.2, -0.15) is 16.4 Å². The molecule has 0 unspecified atom stereocenters. The van der Waals surface area contributed by atoms with Crippen LogP contribution in [-0.2, 0) is 0 Å². The number of hydrogen-bond donors (Lipinski definition) is 3. The van der Waals surface area contributed by atoms with Gasteiger partial charge in [0.1, 0.15) is 5.69 Å². The van der Waals surface area contributed by atoms with Gasteiger partial charge in [0.2, 0.25) is 0 Å². The number of fused-ring (bicyclic) bond motifs is 1. The lowest BCUT2D eigenvalue weighted by atomic mass is 9.99. The molecule has 4 heterocycles. The molecular formula is C30H27N5S. The Morgan fingerprint density at radius 2 is 2.03 bits per heavy atom. The van der Waals surface area contributed by atoms with Crippen molar-refractivity contribution >= 4 is 33.5 Å². The molecule has 1 aromatic carbocycles. The molecule has 0 atom stereocenters. The Balaban J connectivity index is 1.37. The number of aryl methyl sites for hydroxylation is 1. The number of H-pyrrole nitrogens is 2. The van der Waals surface area contributed by atoms with Crippen LogP contribution in [0.3, 0.4) is 0 Å². The molecule has 0 spiro atoms. The van der Waals surface area contributed by atoms with Gasteiger partial charge in [-0.1, -0.05) is 31.4 Å². The average molecular weight is 490 g/mol. The number of pyridine rings is 1. The summed E-state index contributed by atoms with van der Waals surface area (Å²) in [5.74, 6) is 0.592. The number of aromatic amines is 2. The third kappa shape index (κ3) is 4.20. The van der Waals surface area contributed by atoms with Crippen molar-refractivity contribution in [3.8, 4) is 22.5 Å². The number of hydrogen-bond acceptors (Lipinski definition) is 4. The van der Waals surface area contributed by atoms with Crippen LogP contribution < -0.4 is 5.32 Å². The van der Waals surface area contributed by atoms with Gasteiger partial charge in [-0.25, -0.2) is 0 Å². The van der Waals surface area contributed by atoms with Crippen LogP contribution >= 0.6 is 11.3 Å². The molecule has 36 heavy (non-hydrogen) atoms. The van der Waals surface area contributed by atoms with Crippen LogP contribution in [0.1, 0.15) is 29.7 Å². The number of thiophene rings is 1. The molecule has 5 aromatic rings. The molecule has 6 rings (SSSR count). The summed E-state index contributed by atoms with van der Waals surface area (Å²) in [6.07, 6.45) is 10.1. The maximum atomic E-state index is 4.67. The molecule has 4 aromatic heterocycles. The first-order valence-electron chi connectivity index (χ1n) is 12.1. The fourth-order valence-electron chi connectivity index (χ4n) is 4.63. The normalized spacial score (nSPS) is 13.8. The zero-order valence-electron chi connectivity index (χ0n) is 20.1. The van der Waals surface area contributed by atoms with Gasteiger partial charge < -0.3 is 10.3 Å². The Morgan fingerprint density at radius 1 is 1.14 bits per heavy atom. The topological polar surface area (TPSA) is 69.4 Å². The van der Waals surface area contributed by atoms with Gasteiger partial charge in [-0.05, 0) is 83.5 Å². The van der Waals surface area contributed by atoms with Gasteiger partial charge in [0.05, 0.1) is 23.1 Å². The zero-order valence-corrected chi connectivity index (χ0v) is 21.0. The van der Waals surface area contributed by atoms with E-state index in [2.05, 4.69) is 98.8 Å². The summed E-state index contributed by atoms with van der Waals surface area (Å²) in [5.41, 5.74) is 11.6. The van der Waals surface area contributed by atoms with Crippen LogP contribution in [0.5, 0.6) is 0 Å². The van der Waals surface area contributed by atoms with Gasteiger partial charge in [-0.15, -0.1) is 0 Å². The largest absolute Gasteiger partial charge is 0.358 e. The molecular weight excluding hydrogens is 462 g/mol. The molecule has 1 saturated carbocycles. The summed E-state index contributed by atoms with van der Waals surface area (Å²) in [7, 11) is 0. The molecule has 0 bridgehead atoms. The van der Waals surface area contributed by atoms with E-state index in [9.17, 15) is 0 Å². The quantitative estimate of drug-likeness (QED) is 0.194. The highest BCUT2D eigenvalue weighted by Crippen LogP contribution is 2.37. The second kappa shape index (κ2) is 9.13. The second-order valence-electron chi connectivity index (χ2n) is 9.27. The first kappa shape index (κ1) is 22.3. The fourth-order valence-corrected chi connectivity index (χ4v) is 5.28. The van der Waals surface area contributed by atoms with Crippen LogP contribution in [0.2, 0.25) is 0 Å². The minimum absolute atomic E-state index is 0.592. The van der Waals surface area contributed by atoms with Gasteiger partial charge >= 0.3 is 0 Å². The summed E-state index contributed by atoms with van der Waals surface area (Å²) in [6.45, 7) is 10.2. The van der Waals surface area contributed by atoms with E-state index in [0.717, 1.165) is 61.6 Å². The van der Waals surface area contributed by atoms with Gasteiger partial charge in [-0.3, -0.25) is 10.1 Å². The van der Waals surface area contributed by atoms with Crippen LogP contribution in [-0.4, -0.2) is 20.2 Å². The summed E-state index contributed by atoms with van der Waals surface area (Å²) in [5, 5.41) is 16.6. The first-order valence-corrected chi connectivity index (χ1v) is 13.0. The van der Waals surface area contributed by atoms with Crippen LogP contribution in [0.15, 0.2) is 90.6 Å². The van der Waals surface area contributed by atoms with Crippen LogP contribution in [0.4, 0.5) is 5.69 Å². The van der Waals surface area contributed by atoms with Crippen molar-refractivity contribution in [3.05, 3.63) is 107 Å². The lowest BCUT2D eigenvalue weighted by Crippen LogP contribution is -2.00. The van der Waals surface area contributed by atoms with Crippen molar-refractivity contribution in [1.82, 2.24) is 20.2 Å². The molecule has 178 valence electrons. The highest BCUT2D eigenvalue weighted by molar-refractivity contribution is 7.08. The number of allylic oxidation sites excluding steroid dienone is 3. The smallest absolute Gasteiger partial charge is 0.116 e. The van der Waals surface area contributed by atoms with Crippen LogP contribution in [0, 0.1) is 12.8 Å². The van der Waals surface area contributed by atoms with E-state index in [4.69, 9.17) is 0 Å². The molecule has 0 amide bonds. The van der Waals surface area contributed by atoms with E-state index in [0.29, 0.717) is 5.92 Å². The average Bonchev–Trinajstić information content (AvgIpc) is 3.25. The highest BCUT2D eigenvalue weighted by Gasteiger charge is 2.24. The number of anilines is 1. The second-order valence-corrected chi connectivity index (χ2v) is 10.0. The summed E-state index contributed by atoms with van der Waals surface area (Å²) >= 11 is 1.69. The van der Waals surface area contributed by atoms with Crippen LogP contribution in [0.25, 0.3) is 39.0 Å². The van der Waals surface area contributed by atoms with E-state index in [-0.39, 0.29) is 0 Å². The Hall–Kier alpha value is -4.16. The standard InChI is InChI=1S/C30H27N5S/c1-4-5-25(22-10-11-36-17-22)26-14-29(33-19(26)3)30-27-13-21(8-9-28(27)34-35-30)23-12-24(16-31-15-23)32-18(2)20-6-7-20/h4-5,8-17,20,32-33H,1-2,6-7H2,3H3,(H,34,35)/b25-5-. The Labute approximate surface area is 214 Å². The number of aromatic nitrogens is 4. The van der Waals surface area contributed by atoms with Crippen molar-refractivity contribution in [2.75, 3.05) is 5.32 Å². The minimum atomic E-state index is 0.592. The van der Waals surface area contributed by atoms with Crippen molar-refractivity contribution in [1.29, 1.82) is 0 Å². The summed E-state index contributed by atoms with van der Waals surface area (Å²) in [6, 6.07) is 12.8. The Kier molecular flexibility index (Phi) is 5.66. The molecule has 1 fully saturated rings. The first-order chi connectivity index (χ1) is 17.6. The maximum absolute atomic E-state index is 4.67. The third-order valence-electron chi connectivity index (χ3n) is 6.69. The molecule has 3 N–H and O–H groups in total. The Bertz CT molecular complexity index is 1610. The van der Waals surface area contributed by atoms with Gasteiger partial charge in [0.25, 0.3) is 0 Å². The summed E-state index contributed by atoms with van der Waals surface area (Å²) < 4.78 is 0. The maximum Gasteiger partial charge on any atom is 0.116 e. The van der Waals surface area contributed by atoms with Gasteiger partial charge in [0.15, 0.2) is 0 Å². The predicted molar refractivity (Wildman–Crippen MR) is 151 cm³/mol. The molecule has 5 nitrogen and oxygen atoms in total. The molecule has 1 aliphatic rings. The number of benzene rings is 1. The van der Waals surface area contributed by atoms with E-state index in [1.807, 2.05) is 18.5 Å². The van der Waals surface area contributed by atoms with Crippen molar-refractivity contribution in [2.24, 2.45) is 5.92 Å². The molecule has 6 heteroatoms. The van der Waals surface area contributed by atoms with Crippen molar-refractivity contribution < 1.29 is 0 Å². The lowest BCUT2D eigenvalue weighted by molar-refractivity contribution is 1.02. The molecule has 1 aliphatic carbocycles. The highest BCUT2D eigenvalue weighted by atomic mass is 32.1. The number of nitrogens with one attached hydrogen (secondary N) is 3. The number of rotatable bonds is 8. The summed E-state index contributed by atoms with van der Waals surface area (Å²) in [4.78, 5) is 8.03. The SMILES string of the molecule is C=C/C=C(/c1ccsc1)c1cc(-c2n[nH]c3ccc(-c4cncc(NC(=C)C5CC5)c4)cc23)[nH]c1C. The zero-order chi connectivity index (χ0) is 24.6. The number of nitrogens with zero attached hydrogens (tertiary/aromatic N) is 2. The van der Waals surface area contributed by atoms with E-state index >= 15 is 0 Å². The third-order valence-corrected chi connectivity index (χ3v) is 7.37. The molecule has 0 radical (unpaired) electrons. The molecule has 0 aliphatic heterocycles.